The van der Waals surface area contributed by atoms with Gasteiger partial charge in [-0.05, 0) is 24.1 Å². The molecule has 0 atom stereocenters. The Balaban J connectivity index is 1.86. The minimum atomic E-state index is -0.933. The van der Waals surface area contributed by atoms with Crippen molar-refractivity contribution in [3.8, 4) is 0 Å². The van der Waals surface area contributed by atoms with Crippen LogP contribution in [0.5, 0.6) is 0 Å². The van der Waals surface area contributed by atoms with Gasteiger partial charge in [0.25, 0.3) is 0 Å². The van der Waals surface area contributed by atoms with E-state index in [0.29, 0.717) is 29.4 Å². The molecular formula is C13H12F2N2O2S. The molecule has 0 amide bonds. The van der Waals surface area contributed by atoms with Crippen LogP contribution in [0.4, 0.5) is 13.9 Å². The lowest BCUT2D eigenvalue weighted by molar-refractivity contribution is -0.136. The Bertz CT molecular complexity index is 596. The van der Waals surface area contributed by atoms with Gasteiger partial charge < -0.3 is 10.4 Å². The van der Waals surface area contributed by atoms with Gasteiger partial charge in [-0.1, -0.05) is 0 Å². The minimum Gasteiger partial charge on any atom is -0.481 e. The number of halogens is 2. The third-order valence-electron chi connectivity index (χ3n) is 2.50. The smallest absolute Gasteiger partial charge is 0.309 e. The highest BCUT2D eigenvalue weighted by Crippen LogP contribution is 2.16. The Morgan fingerprint density at radius 2 is 2.00 bits per heavy atom. The van der Waals surface area contributed by atoms with E-state index in [2.05, 4.69) is 10.3 Å². The molecule has 106 valence electrons. The predicted molar refractivity (Wildman–Crippen MR) is 72.0 cm³/mol. The van der Waals surface area contributed by atoms with Gasteiger partial charge >= 0.3 is 5.97 Å². The number of aliphatic carboxylic acids is 1. The third-order valence-corrected chi connectivity index (χ3v) is 3.35. The number of anilines is 1. The number of hydrogen-bond acceptors (Lipinski definition) is 4. The Morgan fingerprint density at radius 3 is 2.65 bits per heavy atom. The molecule has 0 bridgehead atoms. The number of carbonyl (C=O) groups is 1. The van der Waals surface area contributed by atoms with Crippen molar-refractivity contribution in [3.63, 3.8) is 0 Å². The molecular weight excluding hydrogens is 286 g/mol. The first-order chi connectivity index (χ1) is 9.52. The van der Waals surface area contributed by atoms with Crippen molar-refractivity contribution in [2.75, 3.05) is 11.9 Å². The summed E-state index contributed by atoms with van der Waals surface area (Å²) in [6.45, 7) is 0.461. The Hall–Kier alpha value is -2.02. The third kappa shape index (κ3) is 4.27. The minimum absolute atomic E-state index is 0.118. The molecule has 2 N–H and O–H groups in total. The van der Waals surface area contributed by atoms with Gasteiger partial charge in [0.15, 0.2) is 5.13 Å². The SMILES string of the molecule is O=C(O)Cc1csc(NCCc2cc(F)cc(F)c2)n1. The summed E-state index contributed by atoms with van der Waals surface area (Å²) in [5.74, 6) is -2.13. The van der Waals surface area contributed by atoms with Crippen LogP contribution in [-0.4, -0.2) is 22.6 Å². The van der Waals surface area contributed by atoms with E-state index in [1.165, 1.54) is 23.5 Å². The highest BCUT2D eigenvalue weighted by molar-refractivity contribution is 7.13. The molecule has 0 unspecified atom stereocenters. The van der Waals surface area contributed by atoms with E-state index in [1.54, 1.807) is 5.38 Å². The van der Waals surface area contributed by atoms with E-state index >= 15 is 0 Å². The average Bonchev–Trinajstić information content (AvgIpc) is 2.74. The molecule has 0 spiro atoms. The number of benzene rings is 1. The summed E-state index contributed by atoms with van der Waals surface area (Å²) in [5, 5.41) is 13.9. The van der Waals surface area contributed by atoms with Gasteiger partial charge in [-0.15, -0.1) is 11.3 Å². The summed E-state index contributed by atoms with van der Waals surface area (Å²) in [6, 6.07) is 3.39. The van der Waals surface area contributed by atoms with E-state index in [9.17, 15) is 13.6 Å². The molecule has 2 aromatic rings. The molecule has 0 aliphatic heterocycles. The zero-order valence-corrected chi connectivity index (χ0v) is 11.2. The maximum atomic E-state index is 13.0. The highest BCUT2D eigenvalue weighted by atomic mass is 32.1. The van der Waals surface area contributed by atoms with E-state index in [-0.39, 0.29) is 6.42 Å². The van der Waals surface area contributed by atoms with Gasteiger partial charge in [0, 0.05) is 18.0 Å². The van der Waals surface area contributed by atoms with Crippen LogP contribution in [0, 0.1) is 11.6 Å². The molecule has 1 aromatic carbocycles. The number of rotatable bonds is 6. The van der Waals surface area contributed by atoms with Crippen LogP contribution in [0.25, 0.3) is 0 Å². The van der Waals surface area contributed by atoms with Crippen LogP contribution in [0.2, 0.25) is 0 Å². The molecule has 7 heteroatoms. The standard InChI is InChI=1S/C13H12F2N2O2S/c14-9-3-8(4-10(15)5-9)1-2-16-13-17-11(7-20-13)6-12(18)19/h3-5,7H,1-2,6H2,(H,16,17)(H,18,19). The highest BCUT2D eigenvalue weighted by Gasteiger charge is 2.06. The molecule has 0 radical (unpaired) electrons. The van der Waals surface area contributed by atoms with E-state index in [1.807, 2.05) is 0 Å². The fourth-order valence-corrected chi connectivity index (χ4v) is 2.43. The number of thiazole rings is 1. The van der Waals surface area contributed by atoms with Crippen LogP contribution in [0.1, 0.15) is 11.3 Å². The maximum Gasteiger partial charge on any atom is 0.309 e. The van der Waals surface area contributed by atoms with E-state index in [0.717, 1.165) is 6.07 Å². The van der Waals surface area contributed by atoms with Crippen molar-refractivity contribution >= 4 is 22.4 Å². The molecule has 20 heavy (non-hydrogen) atoms. The molecule has 0 aliphatic carbocycles. The van der Waals surface area contributed by atoms with Crippen LogP contribution >= 0.6 is 11.3 Å². The van der Waals surface area contributed by atoms with Gasteiger partial charge in [0.2, 0.25) is 0 Å². The summed E-state index contributed by atoms with van der Waals surface area (Å²) in [6.07, 6.45) is 0.329. The molecule has 4 nitrogen and oxygen atoms in total. The lowest BCUT2D eigenvalue weighted by Gasteiger charge is -2.03. The average molecular weight is 298 g/mol. The first-order valence-corrected chi connectivity index (χ1v) is 6.76. The summed E-state index contributed by atoms with van der Waals surface area (Å²) >= 11 is 1.30. The predicted octanol–water partition coefficient (Wildman–Crippen LogP) is 2.70. The number of nitrogens with zero attached hydrogens (tertiary/aromatic N) is 1. The number of aromatic nitrogens is 1. The van der Waals surface area contributed by atoms with Crippen molar-refractivity contribution < 1.29 is 18.7 Å². The number of hydrogen-bond donors (Lipinski definition) is 2. The Kier molecular flexibility index (Phi) is 4.62. The molecule has 0 saturated carbocycles. The summed E-state index contributed by atoms with van der Waals surface area (Å²) in [5.41, 5.74) is 1.04. The molecule has 1 heterocycles. The molecule has 0 aliphatic rings. The molecule has 2 rings (SSSR count). The molecule has 0 saturated heterocycles. The lowest BCUT2D eigenvalue weighted by Crippen LogP contribution is -2.06. The summed E-state index contributed by atoms with van der Waals surface area (Å²) < 4.78 is 26.0. The van der Waals surface area contributed by atoms with Crippen LogP contribution in [-0.2, 0) is 17.6 Å². The first-order valence-electron chi connectivity index (χ1n) is 5.88. The van der Waals surface area contributed by atoms with E-state index in [4.69, 9.17) is 5.11 Å². The summed E-state index contributed by atoms with van der Waals surface area (Å²) in [7, 11) is 0. The van der Waals surface area contributed by atoms with Gasteiger partial charge in [-0.25, -0.2) is 13.8 Å². The Morgan fingerprint density at radius 1 is 1.30 bits per heavy atom. The van der Waals surface area contributed by atoms with Crippen LogP contribution in [0.3, 0.4) is 0 Å². The monoisotopic (exact) mass is 298 g/mol. The van der Waals surface area contributed by atoms with Crippen molar-refractivity contribution in [3.05, 3.63) is 46.5 Å². The van der Waals surface area contributed by atoms with Crippen molar-refractivity contribution in [2.45, 2.75) is 12.8 Å². The number of carboxylic acids is 1. The van der Waals surface area contributed by atoms with Gasteiger partial charge in [0.1, 0.15) is 11.6 Å². The van der Waals surface area contributed by atoms with Gasteiger partial charge in [-0.3, -0.25) is 4.79 Å². The largest absolute Gasteiger partial charge is 0.481 e. The zero-order chi connectivity index (χ0) is 14.5. The first kappa shape index (κ1) is 14.4. The summed E-state index contributed by atoms with van der Waals surface area (Å²) in [4.78, 5) is 14.6. The van der Waals surface area contributed by atoms with Crippen molar-refractivity contribution in [2.24, 2.45) is 0 Å². The Labute approximate surface area is 118 Å². The second kappa shape index (κ2) is 6.42. The second-order valence-corrected chi connectivity index (χ2v) is 5.03. The maximum absolute atomic E-state index is 13.0. The van der Waals surface area contributed by atoms with Crippen molar-refractivity contribution in [1.29, 1.82) is 0 Å². The zero-order valence-electron chi connectivity index (χ0n) is 10.4. The topological polar surface area (TPSA) is 62.2 Å². The normalized spacial score (nSPS) is 10.5. The van der Waals surface area contributed by atoms with Crippen LogP contribution < -0.4 is 5.32 Å². The fraction of sp³-hybridized carbons (Fsp3) is 0.231. The van der Waals surface area contributed by atoms with Gasteiger partial charge in [0.05, 0.1) is 12.1 Å². The quantitative estimate of drug-likeness (QED) is 0.860. The lowest BCUT2D eigenvalue weighted by atomic mass is 10.1. The second-order valence-electron chi connectivity index (χ2n) is 4.17. The number of carboxylic acid groups (broad SMARTS) is 1. The molecule has 1 aromatic heterocycles. The van der Waals surface area contributed by atoms with E-state index < -0.39 is 17.6 Å². The van der Waals surface area contributed by atoms with Crippen LogP contribution in [0.15, 0.2) is 23.6 Å². The molecule has 0 fully saturated rings. The fourth-order valence-electron chi connectivity index (χ4n) is 1.69. The van der Waals surface area contributed by atoms with Crippen molar-refractivity contribution in [1.82, 2.24) is 4.98 Å². The van der Waals surface area contributed by atoms with Gasteiger partial charge in [-0.2, -0.15) is 0 Å². The number of nitrogens with one attached hydrogen (secondary N) is 1.